The highest BCUT2D eigenvalue weighted by Crippen LogP contribution is 2.29. The summed E-state index contributed by atoms with van der Waals surface area (Å²) in [6, 6.07) is 13.7. The van der Waals surface area contributed by atoms with Crippen molar-refractivity contribution in [1.82, 2.24) is 9.29 Å². The SMILES string of the molecule is CN(C)c1ccc(S(=O)(=O)N(C)C)cc1NC(=O)c1ccnc2ccccc12. The number of aromatic nitrogens is 1. The molecule has 0 bridgehead atoms. The van der Waals surface area contributed by atoms with Gasteiger partial charge in [-0.15, -0.1) is 0 Å². The summed E-state index contributed by atoms with van der Waals surface area (Å²) in [6.45, 7) is 0. The van der Waals surface area contributed by atoms with E-state index in [1.165, 1.54) is 26.2 Å². The fourth-order valence-corrected chi connectivity index (χ4v) is 3.79. The van der Waals surface area contributed by atoms with E-state index < -0.39 is 10.0 Å². The van der Waals surface area contributed by atoms with E-state index in [9.17, 15) is 13.2 Å². The van der Waals surface area contributed by atoms with Gasteiger partial charge >= 0.3 is 0 Å². The number of amides is 1. The number of para-hydroxylation sites is 1. The van der Waals surface area contributed by atoms with E-state index in [2.05, 4.69) is 10.3 Å². The van der Waals surface area contributed by atoms with Gasteiger partial charge in [0.05, 0.1) is 27.4 Å². The van der Waals surface area contributed by atoms with E-state index in [1.807, 2.05) is 43.3 Å². The summed E-state index contributed by atoms with van der Waals surface area (Å²) in [5.41, 5.74) is 2.30. The molecule has 0 aliphatic heterocycles. The summed E-state index contributed by atoms with van der Waals surface area (Å²) in [6.07, 6.45) is 1.58. The molecule has 0 saturated heterocycles. The van der Waals surface area contributed by atoms with Crippen LogP contribution in [0.15, 0.2) is 59.6 Å². The zero-order valence-corrected chi connectivity index (χ0v) is 17.0. The largest absolute Gasteiger partial charge is 0.376 e. The third-order valence-electron chi connectivity index (χ3n) is 4.37. The Balaban J connectivity index is 2.06. The molecule has 1 heterocycles. The second-order valence-electron chi connectivity index (χ2n) is 6.69. The third-order valence-corrected chi connectivity index (χ3v) is 6.18. The van der Waals surface area contributed by atoms with Gasteiger partial charge in [-0.05, 0) is 30.3 Å². The van der Waals surface area contributed by atoms with Gasteiger partial charge in [-0.25, -0.2) is 12.7 Å². The minimum atomic E-state index is -3.62. The van der Waals surface area contributed by atoms with E-state index in [1.54, 1.807) is 18.3 Å². The van der Waals surface area contributed by atoms with Crippen LogP contribution in [0.4, 0.5) is 11.4 Å². The van der Waals surface area contributed by atoms with Crippen LogP contribution in [0.25, 0.3) is 10.9 Å². The Bertz CT molecular complexity index is 1140. The zero-order valence-electron chi connectivity index (χ0n) is 16.2. The summed E-state index contributed by atoms with van der Waals surface area (Å²) in [5.74, 6) is -0.332. The lowest BCUT2D eigenvalue weighted by Crippen LogP contribution is -2.23. The van der Waals surface area contributed by atoms with E-state index in [0.717, 1.165) is 9.69 Å². The molecule has 3 rings (SSSR count). The molecule has 0 spiro atoms. The summed E-state index contributed by atoms with van der Waals surface area (Å²) >= 11 is 0. The topological polar surface area (TPSA) is 82.6 Å². The van der Waals surface area contributed by atoms with E-state index in [4.69, 9.17) is 0 Å². The average molecular weight is 398 g/mol. The number of nitrogens with one attached hydrogen (secondary N) is 1. The molecule has 1 amide bonds. The van der Waals surface area contributed by atoms with Crippen LogP contribution in [0.5, 0.6) is 0 Å². The van der Waals surface area contributed by atoms with Gasteiger partial charge in [0.25, 0.3) is 5.91 Å². The van der Waals surface area contributed by atoms with Crippen LogP contribution >= 0.6 is 0 Å². The molecule has 0 radical (unpaired) electrons. The van der Waals surface area contributed by atoms with Gasteiger partial charge in [-0.3, -0.25) is 9.78 Å². The Hall–Kier alpha value is -2.97. The number of fused-ring (bicyclic) bond motifs is 1. The number of sulfonamides is 1. The van der Waals surface area contributed by atoms with E-state index in [0.29, 0.717) is 22.5 Å². The highest BCUT2D eigenvalue weighted by Gasteiger charge is 2.21. The predicted octanol–water partition coefficient (Wildman–Crippen LogP) is 2.80. The smallest absolute Gasteiger partial charge is 0.256 e. The van der Waals surface area contributed by atoms with Crippen molar-refractivity contribution in [2.24, 2.45) is 0 Å². The number of benzene rings is 2. The molecule has 2 aromatic carbocycles. The van der Waals surface area contributed by atoms with Crippen molar-refractivity contribution < 1.29 is 13.2 Å². The van der Waals surface area contributed by atoms with Gasteiger partial charge in [-0.1, -0.05) is 18.2 Å². The molecule has 0 saturated carbocycles. The van der Waals surface area contributed by atoms with Crippen LogP contribution in [0.2, 0.25) is 0 Å². The molecular formula is C20H22N4O3S. The fraction of sp³-hybridized carbons (Fsp3) is 0.200. The Morgan fingerprint density at radius 1 is 1.00 bits per heavy atom. The molecule has 8 heteroatoms. The standard InChI is InChI=1S/C20H22N4O3S/c1-23(2)19-10-9-14(28(26,27)24(3)4)13-18(19)22-20(25)16-11-12-21-17-8-6-5-7-15(16)17/h5-13H,1-4H3,(H,22,25). The lowest BCUT2D eigenvalue weighted by atomic mass is 10.1. The summed E-state index contributed by atoms with van der Waals surface area (Å²) < 4.78 is 26.1. The number of hydrogen-bond acceptors (Lipinski definition) is 5. The molecular weight excluding hydrogens is 376 g/mol. The highest BCUT2D eigenvalue weighted by atomic mass is 32.2. The molecule has 3 aromatic rings. The Labute approximate surface area is 164 Å². The van der Waals surface area contributed by atoms with Crippen molar-refractivity contribution in [3.05, 3.63) is 60.3 Å². The van der Waals surface area contributed by atoms with Crippen LogP contribution in [-0.4, -0.2) is 51.8 Å². The molecule has 0 unspecified atom stereocenters. The van der Waals surface area contributed by atoms with Crippen LogP contribution in [0.3, 0.4) is 0 Å². The minimum absolute atomic E-state index is 0.109. The number of pyridine rings is 1. The molecule has 0 aliphatic rings. The van der Waals surface area contributed by atoms with Gasteiger partial charge < -0.3 is 10.2 Å². The minimum Gasteiger partial charge on any atom is -0.376 e. The monoisotopic (exact) mass is 398 g/mol. The molecule has 0 aliphatic carbocycles. The van der Waals surface area contributed by atoms with Gasteiger partial charge in [0.2, 0.25) is 10.0 Å². The quantitative estimate of drug-likeness (QED) is 0.715. The average Bonchev–Trinajstić information content (AvgIpc) is 2.67. The molecule has 0 fully saturated rings. The molecule has 7 nitrogen and oxygen atoms in total. The first-order valence-corrected chi connectivity index (χ1v) is 10.0. The first kappa shape index (κ1) is 19.8. The summed E-state index contributed by atoms with van der Waals surface area (Å²) in [5, 5.41) is 3.59. The van der Waals surface area contributed by atoms with Crippen LogP contribution < -0.4 is 10.2 Å². The maximum Gasteiger partial charge on any atom is 0.256 e. The number of hydrogen-bond donors (Lipinski definition) is 1. The number of rotatable bonds is 5. The normalized spacial score (nSPS) is 11.6. The number of carbonyl (C=O) groups is 1. The molecule has 146 valence electrons. The van der Waals surface area contributed by atoms with Crippen LogP contribution in [0, 0.1) is 0 Å². The van der Waals surface area contributed by atoms with Crippen molar-refractivity contribution in [1.29, 1.82) is 0 Å². The Kier molecular flexibility index (Phi) is 5.35. The van der Waals surface area contributed by atoms with Gasteiger partial charge in [0, 0.05) is 39.8 Å². The Morgan fingerprint density at radius 3 is 2.39 bits per heavy atom. The van der Waals surface area contributed by atoms with Crippen LogP contribution in [-0.2, 0) is 10.0 Å². The summed E-state index contributed by atoms with van der Waals surface area (Å²) in [4.78, 5) is 19.2. The molecule has 1 aromatic heterocycles. The first-order chi connectivity index (χ1) is 13.2. The molecule has 1 N–H and O–H groups in total. The molecule has 28 heavy (non-hydrogen) atoms. The van der Waals surface area contributed by atoms with Crippen molar-refractivity contribution in [2.45, 2.75) is 4.90 Å². The van der Waals surface area contributed by atoms with Gasteiger partial charge in [0.1, 0.15) is 0 Å². The molecule has 0 atom stereocenters. The number of anilines is 2. The summed E-state index contributed by atoms with van der Waals surface area (Å²) in [7, 11) is 2.97. The third kappa shape index (κ3) is 3.69. The lowest BCUT2D eigenvalue weighted by molar-refractivity contribution is 0.102. The number of carbonyl (C=O) groups excluding carboxylic acids is 1. The van der Waals surface area contributed by atoms with Crippen molar-refractivity contribution >= 4 is 38.2 Å². The lowest BCUT2D eigenvalue weighted by Gasteiger charge is -2.20. The van der Waals surface area contributed by atoms with E-state index >= 15 is 0 Å². The Morgan fingerprint density at radius 2 is 1.71 bits per heavy atom. The first-order valence-electron chi connectivity index (χ1n) is 8.61. The van der Waals surface area contributed by atoms with Crippen molar-refractivity contribution in [2.75, 3.05) is 38.4 Å². The highest BCUT2D eigenvalue weighted by molar-refractivity contribution is 7.89. The zero-order chi connectivity index (χ0) is 20.5. The van der Waals surface area contributed by atoms with Gasteiger partial charge in [-0.2, -0.15) is 0 Å². The second-order valence-corrected chi connectivity index (χ2v) is 8.84. The number of nitrogens with zero attached hydrogens (tertiary/aromatic N) is 3. The van der Waals surface area contributed by atoms with Crippen molar-refractivity contribution in [3.8, 4) is 0 Å². The maximum atomic E-state index is 13.0. The van der Waals surface area contributed by atoms with Crippen LogP contribution in [0.1, 0.15) is 10.4 Å². The maximum absolute atomic E-state index is 13.0. The second kappa shape index (κ2) is 7.57. The fourth-order valence-electron chi connectivity index (χ4n) is 2.86. The predicted molar refractivity (Wildman–Crippen MR) is 111 cm³/mol. The van der Waals surface area contributed by atoms with E-state index in [-0.39, 0.29) is 10.8 Å². The van der Waals surface area contributed by atoms with Crippen molar-refractivity contribution in [3.63, 3.8) is 0 Å². The van der Waals surface area contributed by atoms with Gasteiger partial charge in [0.15, 0.2) is 0 Å².